The topological polar surface area (TPSA) is 29.5 Å². The molecule has 2 rings (SSSR count). The Balaban J connectivity index is 1.98. The van der Waals surface area contributed by atoms with Gasteiger partial charge in [0.2, 0.25) is 5.91 Å². The molecule has 0 unspecified atom stereocenters. The number of carbonyl (C=O) groups excluding carboxylic acids is 1. The molecule has 0 spiro atoms. The number of amides is 1. The van der Waals surface area contributed by atoms with E-state index in [1.807, 2.05) is 21.7 Å². The molecule has 0 aromatic carbocycles. The van der Waals surface area contributed by atoms with Gasteiger partial charge in [0.05, 0.1) is 18.6 Å². The highest BCUT2D eigenvalue weighted by Crippen LogP contribution is 2.25. The Morgan fingerprint density at radius 2 is 2.28 bits per heavy atom. The predicted molar refractivity (Wildman–Crippen MR) is 73.9 cm³/mol. The molecule has 1 aromatic heterocycles. The van der Waals surface area contributed by atoms with Crippen molar-refractivity contribution in [2.75, 3.05) is 19.7 Å². The summed E-state index contributed by atoms with van der Waals surface area (Å²) in [6.07, 6.45) is 2.45. The lowest BCUT2D eigenvalue weighted by molar-refractivity contribution is -0.151. The third-order valence-corrected chi connectivity index (χ3v) is 4.56. The zero-order valence-corrected chi connectivity index (χ0v) is 12.0. The molecule has 100 valence electrons. The van der Waals surface area contributed by atoms with Gasteiger partial charge in [0, 0.05) is 13.1 Å². The van der Waals surface area contributed by atoms with Crippen LogP contribution in [0.4, 0.5) is 0 Å². The summed E-state index contributed by atoms with van der Waals surface area (Å²) >= 11 is 1.64. The predicted octanol–water partition coefficient (Wildman–Crippen LogP) is 2.71. The Labute approximate surface area is 113 Å². The number of carbonyl (C=O) groups is 1. The van der Waals surface area contributed by atoms with Gasteiger partial charge in [-0.05, 0) is 35.2 Å². The Morgan fingerprint density at radius 3 is 2.89 bits per heavy atom. The highest BCUT2D eigenvalue weighted by molar-refractivity contribution is 7.07. The summed E-state index contributed by atoms with van der Waals surface area (Å²) in [5.74, 6) is 0.225. The summed E-state index contributed by atoms with van der Waals surface area (Å²) in [6.45, 7) is 6.40. The first-order valence-corrected chi connectivity index (χ1v) is 7.56. The lowest BCUT2D eigenvalue weighted by Gasteiger charge is -2.42. The standard InChI is InChI=1S/C14H21NO2S/c1-3-14(4-2)11-15(6-7-17-14)13(16)9-12-5-8-18-10-12/h5,8,10H,3-4,6-7,9,11H2,1-2H3. The SMILES string of the molecule is CCC1(CC)CN(C(=O)Cc2ccsc2)CCO1. The second-order valence-electron chi connectivity index (χ2n) is 4.86. The smallest absolute Gasteiger partial charge is 0.227 e. The Morgan fingerprint density at radius 1 is 1.50 bits per heavy atom. The van der Waals surface area contributed by atoms with Crippen LogP contribution in [0.3, 0.4) is 0 Å². The first kappa shape index (κ1) is 13.6. The van der Waals surface area contributed by atoms with Gasteiger partial charge in [-0.1, -0.05) is 13.8 Å². The summed E-state index contributed by atoms with van der Waals surface area (Å²) in [6, 6.07) is 2.02. The Hall–Kier alpha value is -0.870. The van der Waals surface area contributed by atoms with Crippen LogP contribution in [0.1, 0.15) is 32.3 Å². The minimum absolute atomic E-state index is 0.122. The first-order chi connectivity index (χ1) is 8.69. The second kappa shape index (κ2) is 5.85. The van der Waals surface area contributed by atoms with Crippen molar-refractivity contribution >= 4 is 17.2 Å². The molecule has 1 aliphatic heterocycles. The summed E-state index contributed by atoms with van der Waals surface area (Å²) in [5.41, 5.74) is 0.998. The molecule has 0 saturated carbocycles. The largest absolute Gasteiger partial charge is 0.371 e. The Bertz CT molecular complexity index is 385. The molecule has 0 atom stereocenters. The van der Waals surface area contributed by atoms with Gasteiger partial charge in [-0.3, -0.25) is 4.79 Å². The molecule has 1 aromatic rings. The molecule has 1 saturated heterocycles. The van der Waals surface area contributed by atoms with Crippen molar-refractivity contribution in [3.63, 3.8) is 0 Å². The van der Waals surface area contributed by atoms with Gasteiger partial charge in [-0.15, -0.1) is 0 Å². The lowest BCUT2D eigenvalue weighted by Crippen LogP contribution is -2.53. The molecule has 1 amide bonds. The van der Waals surface area contributed by atoms with Crippen LogP contribution in [-0.2, 0) is 16.0 Å². The van der Waals surface area contributed by atoms with Crippen molar-refractivity contribution in [2.45, 2.75) is 38.7 Å². The van der Waals surface area contributed by atoms with Gasteiger partial charge in [0.25, 0.3) is 0 Å². The molecule has 2 heterocycles. The van der Waals surface area contributed by atoms with Crippen molar-refractivity contribution in [1.29, 1.82) is 0 Å². The van der Waals surface area contributed by atoms with Crippen LogP contribution in [-0.4, -0.2) is 36.1 Å². The molecule has 3 nitrogen and oxygen atoms in total. The van der Waals surface area contributed by atoms with Crippen molar-refractivity contribution < 1.29 is 9.53 Å². The normalized spacial score (nSPS) is 18.9. The average Bonchev–Trinajstić information content (AvgIpc) is 2.91. The number of hydrogen-bond acceptors (Lipinski definition) is 3. The average molecular weight is 267 g/mol. The van der Waals surface area contributed by atoms with Gasteiger partial charge in [0.1, 0.15) is 0 Å². The second-order valence-corrected chi connectivity index (χ2v) is 5.64. The minimum atomic E-state index is -0.122. The van der Waals surface area contributed by atoms with Gasteiger partial charge >= 0.3 is 0 Å². The molecule has 4 heteroatoms. The van der Waals surface area contributed by atoms with E-state index in [9.17, 15) is 4.79 Å². The number of nitrogens with zero attached hydrogens (tertiary/aromatic N) is 1. The van der Waals surface area contributed by atoms with E-state index in [1.54, 1.807) is 11.3 Å². The summed E-state index contributed by atoms with van der Waals surface area (Å²) < 4.78 is 5.89. The zero-order chi connectivity index (χ0) is 13.0. The van der Waals surface area contributed by atoms with E-state index in [0.717, 1.165) is 31.5 Å². The van der Waals surface area contributed by atoms with Crippen LogP contribution in [0.5, 0.6) is 0 Å². The number of ether oxygens (including phenoxy) is 1. The van der Waals surface area contributed by atoms with E-state index < -0.39 is 0 Å². The maximum atomic E-state index is 12.3. The maximum Gasteiger partial charge on any atom is 0.227 e. The zero-order valence-electron chi connectivity index (χ0n) is 11.1. The van der Waals surface area contributed by atoms with Crippen molar-refractivity contribution in [1.82, 2.24) is 4.90 Å². The molecule has 0 N–H and O–H groups in total. The quantitative estimate of drug-likeness (QED) is 0.839. The highest BCUT2D eigenvalue weighted by Gasteiger charge is 2.35. The molecule has 18 heavy (non-hydrogen) atoms. The molecule has 1 fully saturated rings. The number of thiophene rings is 1. The van der Waals surface area contributed by atoms with Gasteiger partial charge in [-0.25, -0.2) is 0 Å². The molecule has 1 aliphatic rings. The summed E-state index contributed by atoms with van der Waals surface area (Å²) in [5, 5.41) is 4.07. The molecule has 0 radical (unpaired) electrons. The third kappa shape index (κ3) is 2.93. The van der Waals surface area contributed by atoms with Crippen molar-refractivity contribution in [2.24, 2.45) is 0 Å². The molecule has 0 aliphatic carbocycles. The van der Waals surface area contributed by atoms with E-state index in [-0.39, 0.29) is 11.5 Å². The summed E-state index contributed by atoms with van der Waals surface area (Å²) in [7, 11) is 0. The number of hydrogen-bond donors (Lipinski definition) is 0. The van der Waals surface area contributed by atoms with E-state index in [1.165, 1.54) is 0 Å². The molecule has 0 bridgehead atoms. The summed E-state index contributed by atoms with van der Waals surface area (Å²) in [4.78, 5) is 14.2. The van der Waals surface area contributed by atoms with Crippen LogP contribution in [0.2, 0.25) is 0 Å². The van der Waals surface area contributed by atoms with Crippen LogP contribution >= 0.6 is 11.3 Å². The lowest BCUT2D eigenvalue weighted by atomic mass is 9.94. The van der Waals surface area contributed by atoms with Crippen molar-refractivity contribution in [3.8, 4) is 0 Å². The van der Waals surface area contributed by atoms with Crippen LogP contribution in [0.25, 0.3) is 0 Å². The monoisotopic (exact) mass is 267 g/mol. The number of morpholine rings is 1. The van der Waals surface area contributed by atoms with Gasteiger partial charge in [0.15, 0.2) is 0 Å². The van der Waals surface area contributed by atoms with Crippen molar-refractivity contribution in [3.05, 3.63) is 22.4 Å². The third-order valence-electron chi connectivity index (χ3n) is 3.83. The number of rotatable bonds is 4. The highest BCUT2D eigenvalue weighted by atomic mass is 32.1. The minimum Gasteiger partial charge on any atom is -0.371 e. The van der Waals surface area contributed by atoms with Gasteiger partial charge in [-0.2, -0.15) is 11.3 Å². The first-order valence-electron chi connectivity index (χ1n) is 6.62. The fraction of sp³-hybridized carbons (Fsp3) is 0.643. The van der Waals surface area contributed by atoms with Crippen LogP contribution < -0.4 is 0 Å². The van der Waals surface area contributed by atoms with E-state index in [2.05, 4.69) is 13.8 Å². The van der Waals surface area contributed by atoms with Crippen LogP contribution in [0.15, 0.2) is 16.8 Å². The van der Waals surface area contributed by atoms with E-state index in [0.29, 0.717) is 13.0 Å². The van der Waals surface area contributed by atoms with Gasteiger partial charge < -0.3 is 9.64 Å². The Kier molecular flexibility index (Phi) is 4.40. The maximum absolute atomic E-state index is 12.3. The van der Waals surface area contributed by atoms with E-state index >= 15 is 0 Å². The van der Waals surface area contributed by atoms with Crippen LogP contribution in [0, 0.1) is 0 Å². The molecular weight excluding hydrogens is 246 g/mol. The molecular formula is C14H21NO2S. The van der Waals surface area contributed by atoms with E-state index in [4.69, 9.17) is 4.74 Å². The fourth-order valence-corrected chi connectivity index (χ4v) is 3.08. The fourth-order valence-electron chi connectivity index (χ4n) is 2.42.